The van der Waals surface area contributed by atoms with Gasteiger partial charge in [-0.15, -0.1) is 10.2 Å². The molecule has 27 heavy (non-hydrogen) atoms. The van der Waals surface area contributed by atoms with E-state index in [1.807, 2.05) is 71.3 Å². The van der Waals surface area contributed by atoms with Gasteiger partial charge in [-0.05, 0) is 29.3 Å². The van der Waals surface area contributed by atoms with Crippen molar-refractivity contribution in [1.29, 1.82) is 0 Å². The van der Waals surface area contributed by atoms with E-state index >= 15 is 0 Å². The number of nitrogens with zero attached hydrogens (tertiary/aromatic N) is 4. The lowest BCUT2D eigenvalue weighted by Crippen LogP contribution is -1.98. The Balaban J connectivity index is 1.31. The van der Waals surface area contributed by atoms with Crippen LogP contribution in [0.1, 0.15) is 22.7 Å². The maximum Gasteiger partial charge on any atom is 0.218 e. The molecule has 0 unspecified atom stereocenters. The Hall–Kier alpha value is -3.67. The Bertz CT molecular complexity index is 990. The lowest BCUT2D eigenvalue weighted by Gasteiger charge is -2.06. The number of ether oxygens (including phenoxy) is 1. The number of hydrogen-bond acceptors (Lipinski definition) is 5. The van der Waals surface area contributed by atoms with Gasteiger partial charge in [0.15, 0.2) is 0 Å². The van der Waals surface area contributed by atoms with E-state index in [1.165, 1.54) is 0 Å². The number of oxazole rings is 1. The molecule has 4 aromatic rings. The summed E-state index contributed by atoms with van der Waals surface area (Å²) in [7, 11) is 0. The Morgan fingerprint density at radius 1 is 0.926 bits per heavy atom. The van der Waals surface area contributed by atoms with Crippen molar-refractivity contribution in [2.45, 2.75) is 13.2 Å². The van der Waals surface area contributed by atoms with Crippen molar-refractivity contribution in [3.8, 4) is 5.75 Å². The van der Waals surface area contributed by atoms with Crippen LogP contribution in [0.3, 0.4) is 0 Å². The van der Waals surface area contributed by atoms with Crippen LogP contribution in [-0.4, -0.2) is 19.7 Å². The lowest BCUT2D eigenvalue weighted by molar-refractivity contribution is 0.301. The first-order valence-corrected chi connectivity index (χ1v) is 8.57. The molecule has 0 bridgehead atoms. The molecule has 0 aliphatic rings. The van der Waals surface area contributed by atoms with Crippen molar-refractivity contribution in [2.24, 2.45) is 0 Å². The summed E-state index contributed by atoms with van der Waals surface area (Å²) < 4.78 is 13.2. The van der Waals surface area contributed by atoms with Gasteiger partial charge < -0.3 is 13.7 Å². The molecule has 6 nitrogen and oxygen atoms in total. The number of rotatable bonds is 7. The number of hydrogen-bond donors (Lipinski definition) is 0. The third-order valence-electron chi connectivity index (χ3n) is 3.93. The van der Waals surface area contributed by atoms with Gasteiger partial charge in [0.2, 0.25) is 5.89 Å². The zero-order valence-corrected chi connectivity index (χ0v) is 14.6. The van der Waals surface area contributed by atoms with Gasteiger partial charge in [-0.25, -0.2) is 4.98 Å². The zero-order valence-electron chi connectivity index (χ0n) is 14.6. The van der Waals surface area contributed by atoms with Crippen molar-refractivity contribution >= 4 is 12.2 Å². The molecule has 0 atom stereocenters. The second-order valence-electron chi connectivity index (χ2n) is 5.99. The van der Waals surface area contributed by atoms with Crippen LogP contribution in [0.4, 0.5) is 0 Å². The van der Waals surface area contributed by atoms with E-state index in [0.29, 0.717) is 12.5 Å². The van der Waals surface area contributed by atoms with E-state index in [9.17, 15) is 0 Å². The van der Waals surface area contributed by atoms with Crippen LogP contribution in [0.5, 0.6) is 5.75 Å². The highest BCUT2D eigenvalue weighted by molar-refractivity contribution is 5.65. The normalized spacial score (nSPS) is 11.1. The van der Waals surface area contributed by atoms with Gasteiger partial charge in [-0.2, -0.15) is 0 Å². The summed E-state index contributed by atoms with van der Waals surface area (Å²) in [6.07, 6.45) is 8.81. The summed E-state index contributed by atoms with van der Waals surface area (Å²) >= 11 is 0. The van der Waals surface area contributed by atoms with E-state index in [0.717, 1.165) is 29.1 Å². The Kier molecular flexibility index (Phi) is 5.06. The highest BCUT2D eigenvalue weighted by atomic mass is 16.5. The monoisotopic (exact) mass is 358 g/mol. The third kappa shape index (κ3) is 4.70. The molecular weight excluding hydrogens is 340 g/mol. The van der Waals surface area contributed by atoms with Gasteiger partial charge in [0.25, 0.3) is 0 Å². The highest BCUT2D eigenvalue weighted by Crippen LogP contribution is 2.15. The molecule has 0 aliphatic carbocycles. The molecule has 0 saturated carbocycles. The van der Waals surface area contributed by atoms with Crippen LogP contribution in [0.2, 0.25) is 0 Å². The molecule has 2 aromatic carbocycles. The smallest absolute Gasteiger partial charge is 0.218 e. The standard InChI is InChI=1S/C21H18N4O2/c1-2-4-17(5-3-1)8-11-21-24-19(14-27-21)13-26-20-9-6-18(7-10-20)12-25-15-22-23-16-25/h1-11,14-16H,12-13H2. The van der Waals surface area contributed by atoms with Crippen LogP contribution in [0, 0.1) is 0 Å². The summed E-state index contributed by atoms with van der Waals surface area (Å²) in [6, 6.07) is 17.9. The van der Waals surface area contributed by atoms with E-state index in [-0.39, 0.29) is 0 Å². The predicted molar refractivity (Wildman–Crippen MR) is 102 cm³/mol. The first-order chi connectivity index (χ1) is 13.3. The average molecular weight is 358 g/mol. The van der Waals surface area contributed by atoms with Gasteiger partial charge in [0.1, 0.15) is 37.0 Å². The first-order valence-electron chi connectivity index (χ1n) is 8.57. The summed E-state index contributed by atoms with van der Waals surface area (Å²) in [5, 5.41) is 7.60. The molecule has 0 saturated heterocycles. The van der Waals surface area contributed by atoms with Gasteiger partial charge >= 0.3 is 0 Å². The van der Waals surface area contributed by atoms with Gasteiger partial charge in [0.05, 0.1) is 0 Å². The molecular formula is C21H18N4O2. The fourth-order valence-electron chi connectivity index (χ4n) is 2.56. The molecule has 0 fully saturated rings. The Morgan fingerprint density at radius 2 is 1.70 bits per heavy atom. The van der Waals surface area contributed by atoms with Crippen LogP contribution in [-0.2, 0) is 13.2 Å². The van der Waals surface area contributed by atoms with Crippen molar-refractivity contribution in [1.82, 2.24) is 19.7 Å². The van der Waals surface area contributed by atoms with Crippen LogP contribution >= 0.6 is 0 Å². The van der Waals surface area contributed by atoms with Crippen LogP contribution in [0.15, 0.2) is 77.9 Å². The SMILES string of the molecule is C(=Cc1nc(COc2ccc(Cn3cnnc3)cc2)co1)c1ccccc1. The number of benzene rings is 2. The Morgan fingerprint density at radius 3 is 2.48 bits per heavy atom. The minimum absolute atomic E-state index is 0.355. The minimum Gasteiger partial charge on any atom is -0.487 e. The van der Waals surface area contributed by atoms with Crippen LogP contribution < -0.4 is 4.74 Å². The van der Waals surface area contributed by atoms with Crippen LogP contribution in [0.25, 0.3) is 12.2 Å². The van der Waals surface area contributed by atoms with Gasteiger partial charge in [0, 0.05) is 12.6 Å². The van der Waals surface area contributed by atoms with Crippen molar-refractivity contribution < 1.29 is 9.15 Å². The van der Waals surface area contributed by atoms with Crippen molar-refractivity contribution in [3.05, 3.63) is 96.2 Å². The zero-order chi connectivity index (χ0) is 18.3. The predicted octanol–water partition coefficient (Wildman–Crippen LogP) is 4.06. The van der Waals surface area contributed by atoms with E-state index < -0.39 is 0 Å². The second kappa shape index (κ2) is 8.14. The summed E-state index contributed by atoms with van der Waals surface area (Å²) in [5.74, 6) is 1.34. The van der Waals surface area contributed by atoms with E-state index in [1.54, 1.807) is 18.9 Å². The maximum atomic E-state index is 5.78. The number of aromatic nitrogens is 4. The highest BCUT2D eigenvalue weighted by Gasteiger charge is 2.03. The maximum absolute atomic E-state index is 5.78. The average Bonchev–Trinajstić information content (AvgIpc) is 3.39. The topological polar surface area (TPSA) is 66.0 Å². The minimum atomic E-state index is 0.355. The molecule has 0 N–H and O–H groups in total. The summed E-state index contributed by atoms with van der Waals surface area (Å²) in [6.45, 7) is 1.08. The molecule has 0 radical (unpaired) electrons. The third-order valence-corrected chi connectivity index (χ3v) is 3.93. The molecule has 2 heterocycles. The summed E-state index contributed by atoms with van der Waals surface area (Å²) in [4.78, 5) is 4.41. The molecule has 2 aromatic heterocycles. The fraction of sp³-hybridized carbons (Fsp3) is 0.0952. The van der Waals surface area contributed by atoms with Crippen molar-refractivity contribution in [3.63, 3.8) is 0 Å². The largest absolute Gasteiger partial charge is 0.487 e. The van der Waals surface area contributed by atoms with E-state index in [4.69, 9.17) is 9.15 Å². The van der Waals surface area contributed by atoms with Gasteiger partial charge in [-0.1, -0.05) is 42.5 Å². The molecule has 0 aliphatic heterocycles. The Labute approximate surface area is 156 Å². The van der Waals surface area contributed by atoms with E-state index in [2.05, 4.69) is 15.2 Å². The molecule has 6 heteroatoms. The summed E-state index contributed by atoms with van der Waals surface area (Å²) in [5.41, 5.74) is 2.99. The molecule has 0 amide bonds. The molecule has 0 spiro atoms. The lowest BCUT2D eigenvalue weighted by atomic mass is 10.2. The van der Waals surface area contributed by atoms with Crippen molar-refractivity contribution in [2.75, 3.05) is 0 Å². The second-order valence-corrected chi connectivity index (χ2v) is 5.99. The molecule has 134 valence electrons. The van der Waals surface area contributed by atoms with Gasteiger partial charge in [-0.3, -0.25) is 0 Å². The quantitative estimate of drug-likeness (QED) is 0.498. The first kappa shape index (κ1) is 16.8. The molecule has 4 rings (SSSR count). The fourth-order valence-corrected chi connectivity index (χ4v) is 2.56.